The fraction of sp³-hybridized carbons (Fsp3) is 0. The number of nitrogens with zero attached hydrogens (tertiary/aromatic N) is 2. The number of hydrogen-bond acceptors (Lipinski definition) is 6. The maximum absolute atomic E-state index is 9.84. The second-order valence-electron chi connectivity index (χ2n) is 1.34. The first-order chi connectivity index (χ1) is 5.45. The number of hydroxylamine groups is 1. The quantitative estimate of drug-likeness (QED) is 0.178. The summed E-state index contributed by atoms with van der Waals surface area (Å²) in [5.74, 6) is -0.467. The van der Waals surface area contributed by atoms with Gasteiger partial charge in [0.25, 0.3) is 0 Å². The Balaban J connectivity index is 3.95. The standard InChI is InChI=1S/C2H6N4O5S/c3-2(6-7)5-4-1-11-12(8,9)10/h1,7H,(H3,3,5,6)(H,8,9,10)/b4-1+. The Morgan fingerprint density at radius 2 is 2.25 bits per heavy atom. The van der Waals surface area contributed by atoms with Crippen LogP contribution in [0.2, 0.25) is 0 Å². The predicted octanol–water partition coefficient (Wildman–Crippen LogP) is -1.96. The zero-order chi connectivity index (χ0) is 9.61. The third-order valence-electron chi connectivity index (χ3n) is 0.492. The van der Waals surface area contributed by atoms with Crippen LogP contribution in [0, 0.1) is 0 Å². The number of rotatable bonds is 3. The van der Waals surface area contributed by atoms with E-state index in [2.05, 4.69) is 14.4 Å². The van der Waals surface area contributed by atoms with Gasteiger partial charge in [0.15, 0.2) is 0 Å². The van der Waals surface area contributed by atoms with Gasteiger partial charge in [-0.25, -0.2) is 5.48 Å². The highest BCUT2D eigenvalue weighted by Gasteiger charge is 1.98. The van der Waals surface area contributed by atoms with Crippen LogP contribution in [0.5, 0.6) is 0 Å². The summed E-state index contributed by atoms with van der Waals surface area (Å²) >= 11 is 0. The lowest BCUT2D eigenvalue weighted by Gasteiger charge is -1.91. The summed E-state index contributed by atoms with van der Waals surface area (Å²) in [5.41, 5.74) is 6.24. The van der Waals surface area contributed by atoms with Gasteiger partial charge in [-0.05, 0) is 0 Å². The Morgan fingerprint density at radius 1 is 1.67 bits per heavy atom. The lowest BCUT2D eigenvalue weighted by molar-refractivity contribution is 0.232. The highest BCUT2D eigenvalue weighted by Crippen LogP contribution is 1.80. The van der Waals surface area contributed by atoms with Crippen LogP contribution in [0.15, 0.2) is 10.2 Å². The molecule has 0 aliphatic carbocycles. The van der Waals surface area contributed by atoms with Crippen LogP contribution in [0.1, 0.15) is 0 Å². The number of guanidine groups is 1. The fourth-order valence-corrected chi connectivity index (χ4v) is 0.329. The summed E-state index contributed by atoms with van der Waals surface area (Å²) in [6, 6.07) is 0. The number of nitrogens with one attached hydrogen (secondary N) is 1. The van der Waals surface area contributed by atoms with Crippen molar-refractivity contribution in [3.05, 3.63) is 0 Å². The first-order valence-electron chi connectivity index (χ1n) is 2.36. The van der Waals surface area contributed by atoms with E-state index in [0.717, 1.165) is 0 Å². The van der Waals surface area contributed by atoms with Crippen molar-refractivity contribution in [3.63, 3.8) is 0 Å². The van der Waals surface area contributed by atoms with Gasteiger partial charge < -0.3 is 9.92 Å². The van der Waals surface area contributed by atoms with Gasteiger partial charge in [-0.1, -0.05) is 0 Å². The van der Waals surface area contributed by atoms with Gasteiger partial charge in [-0.15, -0.1) is 10.2 Å². The summed E-state index contributed by atoms with van der Waals surface area (Å²) in [7, 11) is -4.57. The first-order valence-corrected chi connectivity index (χ1v) is 3.73. The molecule has 0 saturated heterocycles. The molecule has 0 heterocycles. The molecule has 10 heteroatoms. The molecule has 9 nitrogen and oxygen atoms in total. The van der Waals surface area contributed by atoms with Crippen LogP contribution in [0.3, 0.4) is 0 Å². The molecule has 0 aromatic heterocycles. The minimum atomic E-state index is -4.57. The molecule has 5 N–H and O–H groups in total. The van der Waals surface area contributed by atoms with Gasteiger partial charge in [0.2, 0.25) is 12.4 Å². The van der Waals surface area contributed by atoms with Crippen molar-refractivity contribution in [2.45, 2.75) is 0 Å². The van der Waals surface area contributed by atoms with E-state index in [1.807, 2.05) is 0 Å². The molecular formula is C2H6N4O5S. The zero-order valence-corrected chi connectivity index (χ0v) is 6.39. The van der Waals surface area contributed by atoms with Crippen molar-refractivity contribution in [1.29, 1.82) is 0 Å². The fourth-order valence-electron chi connectivity index (χ4n) is 0.182. The Morgan fingerprint density at radius 3 is 2.67 bits per heavy atom. The largest absolute Gasteiger partial charge is 0.447 e. The third-order valence-corrected chi connectivity index (χ3v) is 0.821. The van der Waals surface area contributed by atoms with Crippen LogP contribution < -0.4 is 11.2 Å². The van der Waals surface area contributed by atoms with Crippen LogP contribution >= 0.6 is 0 Å². The Hall–Kier alpha value is -1.39. The van der Waals surface area contributed by atoms with Crippen LogP contribution in [0.25, 0.3) is 0 Å². The smallest absolute Gasteiger partial charge is 0.367 e. The van der Waals surface area contributed by atoms with Gasteiger partial charge in [-0.2, -0.15) is 8.42 Å². The van der Waals surface area contributed by atoms with E-state index in [1.165, 1.54) is 5.48 Å². The molecule has 0 fully saturated rings. The van der Waals surface area contributed by atoms with Crippen molar-refractivity contribution < 1.29 is 22.4 Å². The van der Waals surface area contributed by atoms with Crippen molar-refractivity contribution in [2.24, 2.45) is 15.9 Å². The van der Waals surface area contributed by atoms with Gasteiger partial charge in [0, 0.05) is 0 Å². The summed E-state index contributed by atoms with van der Waals surface area (Å²) in [6.45, 7) is 0. The first kappa shape index (κ1) is 10.6. The second kappa shape index (κ2) is 4.48. The van der Waals surface area contributed by atoms with Crippen molar-refractivity contribution >= 4 is 22.8 Å². The summed E-state index contributed by atoms with van der Waals surface area (Å²) in [5, 5.41) is 13.8. The SMILES string of the molecule is NC(=N/N=C/OS(=O)(=O)O)NO. The Kier molecular flexibility index (Phi) is 3.96. The number of hydrogen-bond donors (Lipinski definition) is 4. The monoisotopic (exact) mass is 198 g/mol. The highest BCUT2D eigenvalue weighted by molar-refractivity contribution is 7.81. The molecule has 0 radical (unpaired) electrons. The second-order valence-corrected chi connectivity index (χ2v) is 2.39. The molecule has 0 atom stereocenters. The molecule has 0 saturated carbocycles. The van der Waals surface area contributed by atoms with Gasteiger partial charge in [-0.3, -0.25) is 9.76 Å². The average Bonchev–Trinajstić information content (AvgIpc) is 1.96. The maximum atomic E-state index is 9.84. The lowest BCUT2D eigenvalue weighted by Crippen LogP contribution is -2.27. The molecule has 12 heavy (non-hydrogen) atoms. The molecule has 0 aromatic rings. The van der Waals surface area contributed by atoms with E-state index >= 15 is 0 Å². The molecule has 0 spiro atoms. The Bertz CT molecular complexity index is 280. The van der Waals surface area contributed by atoms with Gasteiger partial charge in [0.1, 0.15) is 0 Å². The van der Waals surface area contributed by atoms with Crippen LogP contribution in [-0.4, -0.2) is 30.5 Å². The zero-order valence-electron chi connectivity index (χ0n) is 5.58. The maximum Gasteiger partial charge on any atom is 0.447 e. The van der Waals surface area contributed by atoms with E-state index in [-0.39, 0.29) is 0 Å². The van der Waals surface area contributed by atoms with Crippen molar-refractivity contribution in [2.75, 3.05) is 0 Å². The molecule has 0 unspecified atom stereocenters. The van der Waals surface area contributed by atoms with Crippen LogP contribution in [0.4, 0.5) is 0 Å². The average molecular weight is 198 g/mol. The van der Waals surface area contributed by atoms with Crippen molar-refractivity contribution in [1.82, 2.24) is 5.48 Å². The lowest BCUT2D eigenvalue weighted by atomic mass is 11.1. The normalized spacial score (nSPS) is 13.3. The molecule has 70 valence electrons. The predicted molar refractivity (Wildman–Crippen MR) is 37.7 cm³/mol. The summed E-state index contributed by atoms with van der Waals surface area (Å²) in [6.07, 6.45) is 0.319. The summed E-state index contributed by atoms with van der Waals surface area (Å²) in [4.78, 5) is 0. The molecule has 0 aliphatic heterocycles. The molecule has 0 aromatic carbocycles. The van der Waals surface area contributed by atoms with E-state index < -0.39 is 16.4 Å². The third kappa shape index (κ3) is 6.73. The van der Waals surface area contributed by atoms with Gasteiger partial charge in [0.05, 0.1) is 0 Å². The molecular weight excluding hydrogens is 192 g/mol. The topological polar surface area (TPSA) is 147 Å². The molecule has 0 aliphatic rings. The molecule has 0 amide bonds. The van der Waals surface area contributed by atoms with Crippen LogP contribution in [-0.2, 0) is 14.6 Å². The highest BCUT2D eigenvalue weighted by atomic mass is 32.3. The minimum Gasteiger partial charge on any atom is -0.367 e. The molecule has 0 bridgehead atoms. The van der Waals surface area contributed by atoms with Crippen molar-refractivity contribution in [3.8, 4) is 0 Å². The van der Waals surface area contributed by atoms with E-state index in [4.69, 9.17) is 15.5 Å². The van der Waals surface area contributed by atoms with Gasteiger partial charge >= 0.3 is 10.4 Å². The van der Waals surface area contributed by atoms with E-state index in [1.54, 1.807) is 0 Å². The van der Waals surface area contributed by atoms with E-state index in [9.17, 15) is 8.42 Å². The minimum absolute atomic E-state index is 0.319. The summed E-state index contributed by atoms with van der Waals surface area (Å²) < 4.78 is 31.2. The molecule has 0 rings (SSSR count). The number of nitrogens with two attached hydrogens (primary N) is 1. The Labute approximate surface area is 67.5 Å². The van der Waals surface area contributed by atoms with E-state index in [0.29, 0.717) is 6.40 Å².